The highest BCUT2D eigenvalue weighted by atomic mass is 32.2. The Bertz CT molecular complexity index is 1220. The molecule has 1 fully saturated rings. The summed E-state index contributed by atoms with van der Waals surface area (Å²) in [5.41, 5.74) is 1.91. The van der Waals surface area contributed by atoms with E-state index in [1.165, 1.54) is 28.6 Å². The van der Waals surface area contributed by atoms with E-state index in [1.54, 1.807) is 34.8 Å². The van der Waals surface area contributed by atoms with Crippen molar-refractivity contribution in [2.24, 2.45) is 0 Å². The summed E-state index contributed by atoms with van der Waals surface area (Å²) in [6, 6.07) is 9.53. The van der Waals surface area contributed by atoms with E-state index in [0.717, 1.165) is 0 Å². The van der Waals surface area contributed by atoms with Crippen LogP contribution in [0.25, 0.3) is 5.65 Å². The van der Waals surface area contributed by atoms with Crippen LogP contribution in [0.2, 0.25) is 0 Å². The highest BCUT2D eigenvalue weighted by Gasteiger charge is 2.32. The van der Waals surface area contributed by atoms with Gasteiger partial charge in [-0.3, -0.25) is 4.79 Å². The Labute approximate surface area is 167 Å². The summed E-state index contributed by atoms with van der Waals surface area (Å²) < 4.78 is 28.6. The number of nitrogens with zero attached hydrogens (tertiary/aromatic N) is 6. The van der Waals surface area contributed by atoms with Crippen LogP contribution in [-0.4, -0.2) is 64.3 Å². The van der Waals surface area contributed by atoms with Gasteiger partial charge < -0.3 is 4.90 Å². The molecule has 1 aromatic carbocycles. The molecule has 0 atom stereocenters. The summed E-state index contributed by atoms with van der Waals surface area (Å²) in [5.74, 6) is -0.202. The Morgan fingerprint density at radius 3 is 2.48 bits per heavy atom. The third-order valence-corrected chi connectivity index (χ3v) is 6.84. The summed E-state index contributed by atoms with van der Waals surface area (Å²) in [6.45, 7) is 2.70. The number of benzene rings is 1. The molecule has 4 rings (SSSR count). The smallest absolute Gasteiger partial charge is 0.259 e. The number of aromatic nitrogens is 3. The maximum atomic E-state index is 13.0. The average molecular weight is 410 g/mol. The normalized spacial score (nSPS) is 15.4. The van der Waals surface area contributed by atoms with Crippen LogP contribution >= 0.6 is 0 Å². The van der Waals surface area contributed by atoms with Gasteiger partial charge in [0.2, 0.25) is 10.0 Å². The number of piperazine rings is 1. The van der Waals surface area contributed by atoms with E-state index < -0.39 is 10.0 Å². The van der Waals surface area contributed by atoms with Crippen LogP contribution in [0.15, 0.2) is 47.6 Å². The number of sulfonamides is 1. The van der Waals surface area contributed by atoms with Gasteiger partial charge in [0.1, 0.15) is 5.56 Å². The van der Waals surface area contributed by atoms with E-state index in [9.17, 15) is 13.2 Å². The molecule has 0 bridgehead atoms. The molecule has 1 saturated heterocycles. The maximum Gasteiger partial charge on any atom is 0.259 e. The molecular weight excluding hydrogens is 392 g/mol. The van der Waals surface area contributed by atoms with Crippen molar-refractivity contribution < 1.29 is 13.2 Å². The zero-order valence-electron chi connectivity index (χ0n) is 15.7. The predicted octanol–water partition coefficient (Wildman–Crippen LogP) is 1.06. The van der Waals surface area contributed by atoms with Crippen LogP contribution in [-0.2, 0) is 10.0 Å². The highest BCUT2D eigenvalue weighted by molar-refractivity contribution is 7.89. The van der Waals surface area contributed by atoms with Crippen molar-refractivity contribution in [3.05, 3.63) is 59.5 Å². The fourth-order valence-corrected chi connectivity index (χ4v) is 4.81. The average Bonchev–Trinajstić information content (AvgIpc) is 3.09. The zero-order valence-corrected chi connectivity index (χ0v) is 16.5. The van der Waals surface area contributed by atoms with Gasteiger partial charge in [-0.25, -0.2) is 17.9 Å². The molecule has 0 aliphatic carbocycles. The number of aryl methyl sites for hydroxylation is 1. The molecule has 0 N–H and O–H groups in total. The molecule has 29 heavy (non-hydrogen) atoms. The van der Waals surface area contributed by atoms with Gasteiger partial charge in [-0.15, -0.1) is 0 Å². The van der Waals surface area contributed by atoms with Gasteiger partial charge in [-0.2, -0.15) is 14.7 Å². The molecule has 0 saturated carbocycles. The van der Waals surface area contributed by atoms with Crippen molar-refractivity contribution in [3.63, 3.8) is 0 Å². The first-order valence-corrected chi connectivity index (χ1v) is 10.5. The maximum absolute atomic E-state index is 13.0. The summed E-state index contributed by atoms with van der Waals surface area (Å²) >= 11 is 0. The third-order valence-electron chi connectivity index (χ3n) is 4.93. The third kappa shape index (κ3) is 3.35. The van der Waals surface area contributed by atoms with Gasteiger partial charge in [0.05, 0.1) is 22.2 Å². The van der Waals surface area contributed by atoms with Crippen LogP contribution in [0.5, 0.6) is 0 Å². The van der Waals surface area contributed by atoms with E-state index in [1.807, 2.05) is 6.07 Å². The Kier molecular flexibility index (Phi) is 4.77. The quantitative estimate of drug-likeness (QED) is 0.638. The molecule has 10 heteroatoms. The number of hydrogen-bond donors (Lipinski definition) is 0. The molecule has 3 heterocycles. The molecule has 1 amide bonds. The molecule has 0 spiro atoms. The molecule has 1 aliphatic rings. The van der Waals surface area contributed by atoms with Crippen molar-refractivity contribution in [1.29, 1.82) is 5.26 Å². The Balaban J connectivity index is 1.51. The monoisotopic (exact) mass is 410 g/mol. The van der Waals surface area contributed by atoms with Gasteiger partial charge in [0.25, 0.3) is 5.91 Å². The minimum atomic E-state index is -3.68. The largest absolute Gasteiger partial charge is 0.336 e. The molecule has 3 aromatic rings. The van der Waals surface area contributed by atoms with Crippen molar-refractivity contribution in [1.82, 2.24) is 23.8 Å². The van der Waals surface area contributed by atoms with Gasteiger partial charge in [-0.05, 0) is 37.3 Å². The van der Waals surface area contributed by atoms with Gasteiger partial charge >= 0.3 is 0 Å². The first-order chi connectivity index (χ1) is 13.9. The molecule has 0 radical (unpaired) electrons. The number of carbonyl (C=O) groups excluding carboxylic acids is 1. The lowest BCUT2D eigenvalue weighted by atomic mass is 10.2. The topological polar surface area (TPSA) is 112 Å². The molecule has 1 aliphatic heterocycles. The first-order valence-electron chi connectivity index (χ1n) is 9.01. The Morgan fingerprint density at radius 2 is 1.83 bits per heavy atom. The fraction of sp³-hybridized carbons (Fsp3) is 0.263. The Hall–Kier alpha value is -3.29. The minimum Gasteiger partial charge on any atom is -0.336 e. The summed E-state index contributed by atoms with van der Waals surface area (Å²) in [5, 5.41) is 13.2. The fourth-order valence-electron chi connectivity index (χ4n) is 3.39. The summed E-state index contributed by atoms with van der Waals surface area (Å²) in [7, 11) is -3.68. The number of nitriles is 1. The number of carbonyl (C=O) groups is 1. The molecule has 9 nitrogen and oxygen atoms in total. The standard InChI is InChI=1S/C19H18N6O3S/c1-14-17(18-21-7-2-8-25(18)22-14)19(26)23-9-11-24(12-10-23)29(27,28)16-5-3-15(13-20)4-6-16/h2-8H,9-12H2,1H3. The summed E-state index contributed by atoms with van der Waals surface area (Å²) in [6.07, 6.45) is 3.34. The van der Waals surface area contributed by atoms with Crippen LogP contribution < -0.4 is 0 Å². The van der Waals surface area contributed by atoms with Crippen molar-refractivity contribution in [2.75, 3.05) is 26.2 Å². The van der Waals surface area contributed by atoms with Gasteiger partial charge in [0.15, 0.2) is 5.65 Å². The number of rotatable bonds is 3. The van der Waals surface area contributed by atoms with Crippen molar-refractivity contribution in [3.8, 4) is 6.07 Å². The zero-order chi connectivity index (χ0) is 20.6. The molecule has 148 valence electrons. The van der Waals surface area contributed by atoms with E-state index in [-0.39, 0.29) is 37.0 Å². The second-order valence-corrected chi connectivity index (χ2v) is 8.62. The van der Waals surface area contributed by atoms with E-state index >= 15 is 0 Å². The predicted molar refractivity (Wildman–Crippen MR) is 104 cm³/mol. The lowest BCUT2D eigenvalue weighted by Crippen LogP contribution is -2.50. The lowest BCUT2D eigenvalue weighted by molar-refractivity contribution is 0.0699. The Morgan fingerprint density at radius 1 is 1.14 bits per heavy atom. The first kappa shape index (κ1) is 19.0. The number of fused-ring (bicyclic) bond motifs is 1. The minimum absolute atomic E-state index is 0.138. The van der Waals surface area contributed by atoms with Crippen LogP contribution in [0.3, 0.4) is 0 Å². The molecule has 0 unspecified atom stereocenters. The van der Waals surface area contributed by atoms with E-state index in [0.29, 0.717) is 22.5 Å². The van der Waals surface area contributed by atoms with Crippen molar-refractivity contribution >= 4 is 21.6 Å². The molecule has 2 aromatic heterocycles. The second kappa shape index (κ2) is 7.27. The van der Waals surface area contributed by atoms with E-state index in [4.69, 9.17) is 5.26 Å². The SMILES string of the molecule is Cc1nn2cccnc2c1C(=O)N1CCN(S(=O)(=O)c2ccc(C#N)cc2)CC1. The number of amides is 1. The number of hydrogen-bond acceptors (Lipinski definition) is 6. The van der Waals surface area contributed by atoms with Gasteiger partial charge in [0, 0.05) is 38.6 Å². The lowest BCUT2D eigenvalue weighted by Gasteiger charge is -2.34. The van der Waals surface area contributed by atoms with E-state index in [2.05, 4.69) is 10.1 Å². The van der Waals surface area contributed by atoms with Gasteiger partial charge in [-0.1, -0.05) is 0 Å². The van der Waals surface area contributed by atoms with Crippen molar-refractivity contribution in [2.45, 2.75) is 11.8 Å². The van der Waals surface area contributed by atoms with Crippen LogP contribution in [0.4, 0.5) is 0 Å². The van der Waals surface area contributed by atoms with Crippen LogP contribution in [0, 0.1) is 18.3 Å². The molecular formula is C19H18N6O3S. The second-order valence-electron chi connectivity index (χ2n) is 6.68. The van der Waals surface area contributed by atoms with Crippen LogP contribution in [0.1, 0.15) is 21.6 Å². The highest BCUT2D eigenvalue weighted by Crippen LogP contribution is 2.21. The summed E-state index contributed by atoms with van der Waals surface area (Å²) in [4.78, 5) is 19.0.